The second kappa shape index (κ2) is 12.0. The first-order valence-electron chi connectivity index (χ1n) is 7.73. The number of halogens is 1. The number of nitrogens with two attached hydrogens (primary N) is 1. The fourth-order valence-electron chi connectivity index (χ4n) is 2.37. The number of hydrogen-bond acceptors (Lipinski definition) is 2. The molecule has 0 aliphatic rings. The van der Waals surface area contributed by atoms with Gasteiger partial charge in [-0.15, -0.1) is 12.4 Å². The molecule has 118 valence electrons. The van der Waals surface area contributed by atoms with Crippen molar-refractivity contribution in [2.45, 2.75) is 91.2 Å². The molecular formula is C16H36ClNO. The molecule has 1 atom stereocenters. The lowest BCUT2D eigenvalue weighted by atomic mass is 10.0. The monoisotopic (exact) mass is 293 g/mol. The summed E-state index contributed by atoms with van der Waals surface area (Å²) in [5.74, 6) is 0.854. The Kier molecular flexibility index (Phi) is 13.6. The van der Waals surface area contributed by atoms with Crippen LogP contribution in [-0.4, -0.2) is 18.2 Å². The number of unbranched alkanes of at least 4 members (excludes halogenated alkanes) is 4. The Morgan fingerprint density at radius 2 is 1.47 bits per heavy atom. The first-order valence-corrected chi connectivity index (χ1v) is 7.73. The van der Waals surface area contributed by atoms with Crippen LogP contribution in [0.2, 0.25) is 0 Å². The van der Waals surface area contributed by atoms with E-state index in [-0.39, 0.29) is 24.0 Å². The van der Waals surface area contributed by atoms with Gasteiger partial charge in [-0.3, -0.25) is 0 Å². The zero-order valence-corrected chi connectivity index (χ0v) is 14.5. The smallest absolute Gasteiger partial charge is 0.0641 e. The average Bonchev–Trinajstić information content (AvgIpc) is 2.19. The number of rotatable bonds is 11. The first-order chi connectivity index (χ1) is 8.33. The molecule has 1 unspecified atom stereocenters. The molecule has 2 nitrogen and oxygen atoms in total. The van der Waals surface area contributed by atoms with Crippen LogP contribution in [0.1, 0.15) is 79.6 Å². The van der Waals surface area contributed by atoms with Crippen molar-refractivity contribution in [1.82, 2.24) is 0 Å². The molecule has 0 aliphatic heterocycles. The largest absolute Gasteiger partial charge is 0.376 e. The molecule has 0 amide bonds. The highest BCUT2D eigenvalue weighted by Crippen LogP contribution is 2.17. The van der Waals surface area contributed by atoms with Crippen molar-refractivity contribution >= 4 is 12.4 Å². The molecule has 0 saturated heterocycles. The summed E-state index contributed by atoms with van der Waals surface area (Å²) in [4.78, 5) is 0. The Bertz CT molecular complexity index is 193. The topological polar surface area (TPSA) is 35.2 Å². The summed E-state index contributed by atoms with van der Waals surface area (Å²) in [5, 5.41) is 0. The highest BCUT2D eigenvalue weighted by atomic mass is 35.5. The van der Waals surface area contributed by atoms with Gasteiger partial charge in [0.2, 0.25) is 0 Å². The Labute approximate surface area is 127 Å². The van der Waals surface area contributed by atoms with Crippen LogP contribution < -0.4 is 5.73 Å². The van der Waals surface area contributed by atoms with E-state index in [1.54, 1.807) is 0 Å². The Morgan fingerprint density at radius 1 is 0.947 bits per heavy atom. The van der Waals surface area contributed by atoms with Gasteiger partial charge < -0.3 is 10.5 Å². The average molecular weight is 294 g/mol. The SMILES string of the molecule is CC(C)CCCCCCCOC(C)(C)CC(C)N.Cl. The predicted molar refractivity (Wildman–Crippen MR) is 88.1 cm³/mol. The van der Waals surface area contributed by atoms with E-state index < -0.39 is 0 Å². The van der Waals surface area contributed by atoms with E-state index in [4.69, 9.17) is 10.5 Å². The van der Waals surface area contributed by atoms with E-state index >= 15 is 0 Å². The summed E-state index contributed by atoms with van der Waals surface area (Å²) in [5.41, 5.74) is 5.74. The van der Waals surface area contributed by atoms with Crippen LogP contribution in [-0.2, 0) is 4.74 Å². The Hall–Kier alpha value is 0.210. The molecule has 3 heteroatoms. The fraction of sp³-hybridized carbons (Fsp3) is 1.00. The lowest BCUT2D eigenvalue weighted by Crippen LogP contribution is -2.33. The van der Waals surface area contributed by atoms with E-state index in [2.05, 4.69) is 27.7 Å². The summed E-state index contributed by atoms with van der Waals surface area (Å²) in [6.07, 6.45) is 8.90. The molecule has 0 spiro atoms. The van der Waals surface area contributed by atoms with Crippen molar-refractivity contribution in [3.63, 3.8) is 0 Å². The van der Waals surface area contributed by atoms with Crippen molar-refractivity contribution in [3.05, 3.63) is 0 Å². The molecule has 19 heavy (non-hydrogen) atoms. The normalized spacial score (nSPS) is 13.4. The van der Waals surface area contributed by atoms with Gasteiger partial charge in [0.25, 0.3) is 0 Å². The highest BCUT2D eigenvalue weighted by molar-refractivity contribution is 5.85. The quantitative estimate of drug-likeness (QED) is 0.548. The molecule has 0 bridgehead atoms. The van der Waals surface area contributed by atoms with E-state index in [1.807, 2.05) is 6.92 Å². The zero-order chi connectivity index (χ0) is 14.0. The fourth-order valence-corrected chi connectivity index (χ4v) is 2.37. The molecule has 0 aromatic carbocycles. The van der Waals surface area contributed by atoms with Gasteiger partial charge in [-0.2, -0.15) is 0 Å². The number of ether oxygens (including phenoxy) is 1. The highest BCUT2D eigenvalue weighted by Gasteiger charge is 2.19. The molecule has 2 N–H and O–H groups in total. The van der Waals surface area contributed by atoms with E-state index in [0.29, 0.717) is 0 Å². The molecule has 0 fully saturated rings. The third-order valence-corrected chi connectivity index (χ3v) is 3.23. The minimum Gasteiger partial charge on any atom is -0.376 e. The Balaban J connectivity index is 0. The molecule has 0 rings (SSSR count). The third kappa shape index (κ3) is 16.2. The standard InChI is InChI=1S/C16H35NO.ClH/c1-14(2)11-9-7-6-8-10-12-18-16(4,5)13-15(3)17;/h14-15H,6-13,17H2,1-5H3;1H. The molecular weight excluding hydrogens is 258 g/mol. The maximum absolute atomic E-state index is 5.91. The van der Waals surface area contributed by atoms with Gasteiger partial charge >= 0.3 is 0 Å². The van der Waals surface area contributed by atoms with Crippen molar-refractivity contribution in [2.75, 3.05) is 6.61 Å². The summed E-state index contributed by atoms with van der Waals surface area (Å²) < 4.78 is 5.91. The third-order valence-electron chi connectivity index (χ3n) is 3.23. The zero-order valence-electron chi connectivity index (χ0n) is 13.7. The van der Waals surface area contributed by atoms with Crippen molar-refractivity contribution < 1.29 is 4.74 Å². The molecule has 0 saturated carbocycles. The van der Waals surface area contributed by atoms with Crippen molar-refractivity contribution in [2.24, 2.45) is 11.7 Å². The maximum atomic E-state index is 5.91. The van der Waals surface area contributed by atoms with Gasteiger partial charge in [0.1, 0.15) is 0 Å². The maximum Gasteiger partial charge on any atom is 0.0641 e. The van der Waals surface area contributed by atoms with Gasteiger partial charge in [-0.1, -0.05) is 46.0 Å². The van der Waals surface area contributed by atoms with Crippen LogP contribution in [0.4, 0.5) is 0 Å². The second-order valence-corrected chi connectivity index (χ2v) is 6.74. The molecule has 0 radical (unpaired) electrons. The van der Waals surface area contributed by atoms with Crippen LogP contribution >= 0.6 is 12.4 Å². The van der Waals surface area contributed by atoms with Crippen molar-refractivity contribution in [1.29, 1.82) is 0 Å². The second-order valence-electron chi connectivity index (χ2n) is 6.74. The van der Waals surface area contributed by atoms with Crippen LogP contribution in [0.25, 0.3) is 0 Å². The van der Waals surface area contributed by atoms with Crippen LogP contribution in [0, 0.1) is 5.92 Å². The molecule has 0 aromatic rings. The lowest BCUT2D eigenvalue weighted by molar-refractivity contribution is -0.0282. The first kappa shape index (κ1) is 21.5. The van der Waals surface area contributed by atoms with Gasteiger partial charge in [0.15, 0.2) is 0 Å². The molecule has 0 aliphatic carbocycles. The summed E-state index contributed by atoms with van der Waals surface area (Å²) in [6.45, 7) is 11.8. The van der Waals surface area contributed by atoms with E-state index in [1.165, 1.54) is 38.5 Å². The minimum atomic E-state index is -0.0637. The van der Waals surface area contributed by atoms with Crippen molar-refractivity contribution in [3.8, 4) is 0 Å². The van der Waals surface area contributed by atoms with Gasteiger partial charge in [-0.05, 0) is 39.5 Å². The van der Waals surface area contributed by atoms with E-state index in [9.17, 15) is 0 Å². The summed E-state index contributed by atoms with van der Waals surface area (Å²) in [6, 6.07) is 0.219. The van der Waals surface area contributed by atoms with Crippen LogP contribution in [0.15, 0.2) is 0 Å². The van der Waals surface area contributed by atoms with Crippen LogP contribution in [0.5, 0.6) is 0 Å². The van der Waals surface area contributed by atoms with Gasteiger partial charge in [0.05, 0.1) is 5.60 Å². The van der Waals surface area contributed by atoms with Gasteiger partial charge in [-0.25, -0.2) is 0 Å². The van der Waals surface area contributed by atoms with Crippen LogP contribution in [0.3, 0.4) is 0 Å². The summed E-state index contributed by atoms with van der Waals surface area (Å²) >= 11 is 0. The number of hydrogen-bond donors (Lipinski definition) is 1. The molecule has 0 heterocycles. The molecule has 0 aromatic heterocycles. The minimum absolute atomic E-state index is 0. The predicted octanol–water partition coefficient (Wildman–Crippen LogP) is 4.94. The summed E-state index contributed by atoms with van der Waals surface area (Å²) in [7, 11) is 0. The van der Waals surface area contributed by atoms with E-state index in [0.717, 1.165) is 18.9 Å². The lowest BCUT2D eigenvalue weighted by Gasteiger charge is -2.27. The Morgan fingerprint density at radius 3 is 2.00 bits per heavy atom. The van der Waals surface area contributed by atoms with Gasteiger partial charge in [0, 0.05) is 12.6 Å².